The maximum absolute atomic E-state index is 11.8. The van der Waals surface area contributed by atoms with Gasteiger partial charge in [0.05, 0.1) is 18.2 Å². The van der Waals surface area contributed by atoms with Crippen molar-refractivity contribution in [3.05, 3.63) is 22.7 Å². The molecule has 1 aromatic carbocycles. The van der Waals surface area contributed by atoms with Crippen molar-refractivity contribution in [3.8, 4) is 11.5 Å². The Balaban J connectivity index is 2.08. The SMILES string of the molecule is CC[C@@H](C)C(=O)NCc1cc(Cl)c2c(c1)OCCCO2. The van der Waals surface area contributed by atoms with Crippen LogP contribution in [-0.2, 0) is 11.3 Å². The van der Waals surface area contributed by atoms with Gasteiger partial charge in [-0.2, -0.15) is 0 Å². The van der Waals surface area contributed by atoms with E-state index in [4.69, 9.17) is 21.1 Å². The summed E-state index contributed by atoms with van der Waals surface area (Å²) in [6.07, 6.45) is 1.67. The molecule has 1 atom stereocenters. The first-order valence-corrected chi connectivity index (χ1v) is 7.35. The van der Waals surface area contributed by atoms with Crippen LogP contribution in [0.3, 0.4) is 0 Å². The predicted molar refractivity (Wildman–Crippen MR) is 78.4 cm³/mol. The first-order chi connectivity index (χ1) is 9.61. The molecule has 0 fully saturated rings. The average molecular weight is 298 g/mol. The summed E-state index contributed by atoms with van der Waals surface area (Å²) < 4.78 is 11.2. The molecule has 1 aromatic rings. The van der Waals surface area contributed by atoms with E-state index in [0.717, 1.165) is 18.4 Å². The first kappa shape index (κ1) is 15.0. The lowest BCUT2D eigenvalue weighted by Crippen LogP contribution is -2.28. The van der Waals surface area contributed by atoms with Crippen LogP contribution in [0.1, 0.15) is 32.3 Å². The number of benzene rings is 1. The lowest BCUT2D eigenvalue weighted by atomic mass is 10.1. The van der Waals surface area contributed by atoms with E-state index in [1.807, 2.05) is 26.0 Å². The Morgan fingerprint density at radius 3 is 2.90 bits per heavy atom. The second-order valence-electron chi connectivity index (χ2n) is 4.98. The normalized spacial score (nSPS) is 15.3. The molecule has 0 saturated heterocycles. The van der Waals surface area contributed by atoms with Gasteiger partial charge in [-0.1, -0.05) is 25.4 Å². The van der Waals surface area contributed by atoms with Gasteiger partial charge in [-0.05, 0) is 24.1 Å². The summed E-state index contributed by atoms with van der Waals surface area (Å²) in [5, 5.41) is 3.43. The third kappa shape index (κ3) is 3.57. The van der Waals surface area contributed by atoms with E-state index in [1.54, 1.807) is 0 Å². The van der Waals surface area contributed by atoms with Crippen molar-refractivity contribution in [1.29, 1.82) is 0 Å². The summed E-state index contributed by atoms with van der Waals surface area (Å²) in [6.45, 7) is 5.58. The van der Waals surface area contributed by atoms with E-state index in [2.05, 4.69) is 5.32 Å². The number of nitrogens with one attached hydrogen (secondary N) is 1. The number of hydrogen-bond donors (Lipinski definition) is 1. The molecule has 2 rings (SSSR count). The van der Waals surface area contributed by atoms with Crippen molar-refractivity contribution in [1.82, 2.24) is 5.32 Å². The van der Waals surface area contributed by atoms with Gasteiger partial charge in [-0.25, -0.2) is 0 Å². The number of halogens is 1. The van der Waals surface area contributed by atoms with Gasteiger partial charge in [0.2, 0.25) is 5.91 Å². The molecule has 110 valence electrons. The maximum atomic E-state index is 11.8. The van der Waals surface area contributed by atoms with Crippen molar-refractivity contribution in [2.45, 2.75) is 33.2 Å². The molecule has 1 heterocycles. The molecule has 0 unspecified atom stereocenters. The van der Waals surface area contributed by atoms with Crippen LogP contribution in [0.2, 0.25) is 5.02 Å². The van der Waals surface area contributed by atoms with Crippen LogP contribution >= 0.6 is 11.6 Å². The number of carbonyl (C=O) groups is 1. The van der Waals surface area contributed by atoms with E-state index >= 15 is 0 Å². The summed E-state index contributed by atoms with van der Waals surface area (Å²) in [5.74, 6) is 1.32. The van der Waals surface area contributed by atoms with Crippen LogP contribution in [0.15, 0.2) is 12.1 Å². The van der Waals surface area contributed by atoms with Gasteiger partial charge in [0.15, 0.2) is 11.5 Å². The zero-order valence-corrected chi connectivity index (χ0v) is 12.6. The number of fused-ring (bicyclic) bond motifs is 1. The van der Waals surface area contributed by atoms with Gasteiger partial charge in [-0.3, -0.25) is 4.79 Å². The second-order valence-corrected chi connectivity index (χ2v) is 5.39. The minimum atomic E-state index is 0.0193. The quantitative estimate of drug-likeness (QED) is 0.928. The summed E-state index contributed by atoms with van der Waals surface area (Å²) in [5.41, 5.74) is 0.913. The Bertz CT molecular complexity index is 490. The number of rotatable bonds is 4. The Morgan fingerprint density at radius 2 is 2.15 bits per heavy atom. The predicted octanol–water partition coefficient (Wildman–Crippen LogP) is 3.16. The topological polar surface area (TPSA) is 47.6 Å². The molecule has 0 spiro atoms. The van der Waals surface area contributed by atoms with Crippen LogP contribution in [0.5, 0.6) is 11.5 Å². The molecule has 1 aliphatic heterocycles. The molecule has 0 aliphatic carbocycles. The molecule has 1 N–H and O–H groups in total. The number of amides is 1. The first-order valence-electron chi connectivity index (χ1n) is 6.97. The Kier molecular flexibility index (Phi) is 5.12. The minimum Gasteiger partial charge on any atom is -0.489 e. The van der Waals surface area contributed by atoms with E-state index < -0.39 is 0 Å². The van der Waals surface area contributed by atoms with E-state index in [1.165, 1.54) is 0 Å². The highest BCUT2D eigenvalue weighted by Crippen LogP contribution is 2.37. The molecular weight excluding hydrogens is 278 g/mol. The summed E-state index contributed by atoms with van der Waals surface area (Å²) >= 11 is 6.21. The summed E-state index contributed by atoms with van der Waals surface area (Å²) in [6, 6.07) is 3.69. The monoisotopic (exact) mass is 297 g/mol. The van der Waals surface area contributed by atoms with Crippen molar-refractivity contribution >= 4 is 17.5 Å². The van der Waals surface area contributed by atoms with Gasteiger partial charge in [0, 0.05) is 18.9 Å². The Labute approximate surface area is 124 Å². The van der Waals surface area contributed by atoms with Crippen molar-refractivity contribution in [2.75, 3.05) is 13.2 Å². The molecule has 4 nitrogen and oxygen atoms in total. The molecule has 0 radical (unpaired) electrons. The summed E-state index contributed by atoms with van der Waals surface area (Å²) in [4.78, 5) is 11.8. The largest absolute Gasteiger partial charge is 0.489 e. The number of ether oxygens (including phenoxy) is 2. The molecule has 20 heavy (non-hydrogen) atoms. The molecule has 0 aromatic heterocycles. The van der Waals surface area contributed by atoms with Crippen LogP contribution in [0.4, 0.5) is 0 Å². The fourth-order valence-corrected chi connectivity index (χ4v) is 2.22. The lowest BCUT2D eigenvalue weighted by molar-refractivity contribution is -0.124. The zero-order chi connectivity index (χ0) is 14.5. The van der Waals surface area contributed by atoms with Gasteiger partial charge in [0.1, 0.15) is 0 Å². The van der Waals surface area contributed by atoms with Gasteiger partial charge in [0.25, 0.3) is 0 Å². The van der Waals surface area contributed by atoms with Crippen LogP contribution in [-0.4, -0.2) is 19.1 Å². The van der Waals surface area contributed by atoms with Crippen molar-refractivity contribution in [2.24, 2.45) is 5.92 Å². The third-order valence-electron chi connectivity index (χ3n) is 3.39. The zero-order valence-electron chi connectivity index (χ0n) is 11.9. The third-order valence-corrected chi connectivity index (χ3v) is 3.67. The molecule has 0 saturated carbocycles. The van der Waals surface area contributed by atoms with Crippen molar-refractivity contribution < 1.29 is 14.3 Å². The molecular formula is C15H20ClNO3. The highest BCUT2D eigenvalue weighted by Gasteiger charge is 2.16. The smallest absolute Gasteiger partial charge is 0.223 e. The summed E-state index contributed by atoms with van der Waals surface area (Å²) in [7, 11) is 0. The molecule has 1 aliphatic rings. The van der Waals surface area contributed by atoms with E-state index in [9.17, 15) is 4.79 Å². The van der Waals surface area contributed by atoms with E-state index in [0.29, 0.717) is 36.3 Å². The standard InChI is InChI=1S/C15H20ClNO3/c1-3-10(2)15(18)17-9-11-7-12(16)14-13(8-11)19-5-4-6-20-14/h7-8,10H,3-6,9H2,1-2H3,(H,17,18)/t10-/m1/s1. The number of hydrogen-bond acceptors (Lipinski definition) is 3. The second kappa shape index (κ2) is 6.84. The lowest BCUT2D eigenvalue weighted by Gasteiger charge is -2.13. The molecule has 1 amide bonds. The molecule has 5 heteroatoms. The fraction of sp³-hybridized carbons (Fsp3) is 0.533. The van der Waals surface area contributed by atoms with Crippen molar-refractivity contribution in [3.63, 3.8) is 0 Å². The van der Waals surface area contributed by atoms with E-state index in [-0.39, 0.29) is 11.8 Å². The molecule has 0 bridgehead atoms. The van der Waals surface area contributed by atoms with Crippen LogP contribution in [0.25, 0.3) is 0 Å². The average Bonchev–Trinajstić information content (AvgIpc) is 2.69. The minimum absolute atomic E-state index is 0.0193. The number of carbonyl (C=O) groups excluding carboxylic acids is 1. The van der Waals surface area contributed by atoms with Gasteiger partial charge in [-0.15, -0.1) is 0 Å². The van der Waals surface area contributed by atoms with Crippen LogP contribution in [0, 0.1) is 5.92 Å². The van der Waals surface area contributed by atoms with Gasteiger partial charge >= 0.3 is 0 Å². The maximum Gasteiger partial charge on any atom is 0.223 e. The Morgan fingerprint density at radius 1 is 1.40 bits per heavy atom. The van der Waals surface area contributed by atoms with Crippen LogP contribution < -0.4 is 14.8 Å². The highest BCUT2D eigenvalue weighted by atomic mass is 35.5. The fourth-order valence-electron chi connectivity index (χ4n) is 1.94. The van der Waals surface area contributed by atoms with Gasteiger partial charge < -0.3 is 14.8 Å². The Hall–Kier alpha value is -1.42. The highest BCUT2D eigenvalue weighted by molar-refractivity contribution is 6.32.